The largest absolute Gasteiger partial charge is 0.395 e. The van der Waals surface area contributed by atoms with E-state index in [4.69, 9.17) is 10.5 Å². The van der Waals surface area contributed by atoms with Gasteiger partial charge in [-0.15, -0.1) is 0 Å². The van der Waals surface area contributed by atoms with Crippen LogP contribution in [0.25, 0.3) is 0 Å². The van der Waals surface area contributed by atoms with Gasteiger partial charge >= 0.3 is 0 Å². The van der Waals surface area contributed by atoms with Gasteiger partial charge in [0.2, 0.25) is 0 Å². The van der Waals surface area contributed by atoms with Gasteiger partial charge in [-0.2, -0.15) is 5.10 Å². The Bertz CT molecular complexity index is 607. The monoisotopic (exact) mass is 274 g/mol. The van der Waals surface area contributed by atoms with E-state index in [2.05, 4.69) is 15.5 Å². The molecular formula is C14H18N4O2. The van der Waals surface area contributed by atoms with Crippen LogP contribution in [0.4, 0.5) is 11.4 Å². The molecule has 6 heteroatoms. The molecule has 0 bridgehead atoms. The summed E-state index contributed by atoms with van der Waals surface area (Å²) >= 11 is 0. The Morgan fingerprint density at radius 1 is 1.45 bits per heavy atom. The molecule has 4 N–H and O–H groups in total. The Balaban J connectivity index is 2.21. The van der Waals surface area contributed by atoms with Crippen LogP contribution < -0.4 is 11.1 Å². The number of amides is 1. The summed E-state index contributed by atoms with van der Waals surface area (Å²) in [6.07, 6.45) is 0.701. The molecule has 2 aromatic rings. The maximum Gasteiger partial charge on any atom is 0.278 e. The molecule has 0 aliphatic heterocycles. The van der Waals surface area contributed by atoms with Gasteiger partial charge in [0.15, 0.2) is 5.69 Å². The van der Waals surface area contributed by atoms with Crippen molar-refractivity contribution < 1.29 is 9.53 Å². The number of para-hydroxylation sites is 1. The number of methoxy groups -OCH3 is 1. The lowest BCUT2D eigenvalue weighted by Crippen LogP contribution is -2.15. The lowest BCUT2D eigenvalue weighted by Gasteiger charge is -2.09. The fraction of sp³-hybridized carbons (Fsp3) is 0.286. The first-order valence-corrected chi connectivity index (χ1v) is 6.38. The Morgan fingerprint density at radius 2 is 2.20 bits per heavy atom. The number of aromatic nitrogens is 2. The van der Waals surface area contributed by atoms with E-state index in [1.807, 2.05) is 31.2 Å². The van der Waals surface area contributed by atoms with Crippen molar-refractivity contribution in [3.63, 3.8) is 0 Å². The number of anilines is 2. The van der Waals surface area contributed by atoms with Crippen molar-refractivity contribution in [2.24, 2.45) is 0 Å². The fourth-order valence-electron chi connectivity index (χ4n) is 1.93. The van der Waals surface area contributed by atoms with Crippen LogP contribution in [0.3, 0.4) is 0 Å². The Labute approximate surface area is 117 Å². The number of nitrogens with two attached hydrogens (primary N) is 1. The molecule has 1 heterocycles. The number of ether oxygens (including phenoxy) is 1. The topological polar surface area (TPSA) is 93.0 Å². The minimum atomic E-state index is -0.331. The quantitative estimate of drug-likeness (QED) is 0.777. The molecule has 0 aliphatic rings. The molecule has 106 valence electrons. The van der Waals surface area contributed by atoms with Crippen LogP contribution in [0.2, 0.25) is 0 Å². The van der Waals surface area contributed by atoms with E-state index in [0.29, 0.717) is 24.4 Å². The standard InChI is InChI=1S/C14H18N4O2/c1-3-10-12(15)13(18-17-10)14(19)16-11-7-5-4-6-9(11)8-20-2/h4-7H,3,8,15H2,1-2H3,(H,16,19)(H,17,18). The molecule has 1 aromatic heterocycles. The molecule has 1 aromatic carbocycles. The van der Waals surface area contributed by atoms with E-state index in [1.165, 1.54) is 0 Å². The van der Waals surface area contributed by atoms with E-state index >= 15 is 0 Å². The molecule has 0 spiro atoms. The minimum absolute atomic E-state index is 0.217. The molecule has 20 heavy (non-hydrogen) atoms. The number of nitrogen functional groups attached to an aromatic ring is 1. The highest BCUT2D eigenvalue weighted by Gasteiger charge is 2.17. The van der Waals surface area contributed by atoms with Gasteiger partial charge in [0.25, 0.3) is 5.91 Å². The molecule has 0 saturated carbocycles. The zero-order valence-corrected chi connectivity index (χ0v) is 11.6. The second kappa shape index (κ2) is 6.21. The van der Waals surface area contributed by atoms with Crippen LogP contribution in [0.5, 0.6) is 0 Å². The highest BCUT2D eigenvalue weighted by molar-refractivity contribution is 6.06. The zero-order chi connectivity index (χ0) is 14.5. The molecule has 0 aliphatic carbocycles. The summed E-state index contributed by atoms with van der Waals surface area (Å²) < 4.78 is 5.10. The molecule has 0 unspecified atom stereocenters. The van der Waals surface area contributed by atoms with Crippen molar-refractivity contribution in [1.29, 1.82) is 0 Å². The first-order valence-electron chi connectivity index (χ1n) is 6.38. The molecule has 0 fully saturated rings. The molecule has 1 amide bonds. The number of nitrogens with zero attached hydrogens (tertiary/aromatic N) is 1. The summed E-state index contributed by atoms with van der Waals surface area (Å²) in [4.78, 5) is 12.2. The highest BCUT2D eigenvalue weighted by Crippen LogP contribution is 2.19. The smallest absolute Gasteiger partial charge is 0.278 e. The van der Waals surface area contributed by atoms with Crippen molar-refractivity contribution in [2.75, 3.05) is 18.2 Å². The van der Waals surface area contributed by atoms with E-state index < -0.39 is 0 Å². The SMILES string of the molecule is CCc1[nH]nc(C(=O)Nc2ccccc2COC)c1N. The van der Waals surface area contributed by atoms with Gasteiger partial charge in [0, 0.05) is 18.4 Å². The fourth-order valence-corrected chi connectivity index (χ4v) is 1.93. The highest BCUT2D eigenvalue weighted by atomic mass is 16.5. The lowest BCUT2D eigenvalue weighted by molar-refractivity contribution is 0.102. The number of nitrogens with one attached hydrogen (secondary N) is 2. The number of hydrogen-bond donors (Lipinski definition) is 3. The second-order valence-corrected chi connectivity index (χ2v) is 4.36. The first kappa shape index (κ1) is 14.1. The third-order valence-corrected chi connectivity index (χ3v) is 3.02. The van der Waals surface area contributed by atoms with Crippen LogP contribution in [-0.4, -0.2) is 23.2 Å². The van der Waals surface area contributed by atoms with Gasteiger partial charge in [-0.3, -0.25) is 9.89 Å². The first-order chi connectivity index (χ1) is 9.67. The number of benzene rings is 1. The van der Waals surface area contributed by atoms with Crippen molar-refractivity contribution in [3.05, 3.63) is 41.2 Å². The average Bonchev–Trinajstić information content (AvgIpc) is 2.82. The van der Waals surface area contributed by atoms with Gasteiger partial charge < -0.3 is 15.8 Å². The molecule has 6 nitrogen and oxygen atoms in total. The van der Waals surface area contributed by atoms with Gasteiger partial charge in [0.05, 0.1) is 18.0 Å². The van der Waals surface area contributed by atoms with E-state index in [-0.39, 0.29) is 11.6 Å². The predicted molar refractivity (Wildman–Crippen MR) is 77.5 cm³/mol. The van der Waals surface area contributed by atoms with E-state index in [9.17, 15) is 4.79 Å². The van der Waals surface area contributed by atoms with Crippen LogP contribution in [0.15, 0.2) is 24.3 Å². The van der Waals surface area contributed by atoms with Gasteiger partial charge in [-0.25, -0.2) is 0 Å². The minimum Gasteiger partial charge on any atom is -0.395 e. The molecule has 0 radical (unpaired) electrons. The number of carbonyl (C=O) groups excluding carboxylic acids is 1. The predicted octanol–water partition coefficient (Wildman–Crippen LogP) is 1.95. The van der Waals surface area contributed by atoms with Gasteiger partial charge in [0.1, 0.15) is 0 Å². The van der Waals surface area contributed by atoms with E-state index in [1.54, 1.807) is 7.11 Å². The zero-order valence-electron chi connectivity index (χ0n) is 11.6. The number of rotatable bonds is 5. The third-order valence-electron chi connectivity index (χ3n) is 3.02. The summed E-state index contributed by atoms with van der Waals surface area (Å²) in [5, 5.41) is 9.54. The lowest BCUT2D eigenvalue weighted by atomic mass is 10.2. The van der Waals surface area contributed by atoms with E-state index in [0.717, 1.165) is 11.3 Å². The van der Waals surface area contributed by atoms with Crippen molar-refractivity contribution in [1.82, 2.24) is 10.2 Å². The summed E-state index contributed by atoms with van der Waals surface area (Å²) in [6.45, 7) is 2.37. The average molecular weight is 274 g/mol. The summed E-state index contributed by atoms with van der Waals surface area (Å²) in [5.74, 6) is -0.331. The summed E-state index contributed by atoms with van der Waals surface area (Å²) in [5.41, 5.74) is 8.85. The molecule has 2 rings (SSSR count). The summed E-state index contributed by atoms with van der Waals surface area (Å²) in [6, 6.07) is 7.45. The number of H-pyrrole nitrogens is 1. The number of aromatic amines is 1. The van der Waals surface area contributed by atoms with Gasteiger partial charge in [-0.1, -0.05) is 25.1 Å². The third kappa shape index (κ3) is 2.80. The number of carbonyl (C=O) groups is 1. The Morgan fingerprint density at radius 3 is 2.85 bits per heavy atom. The maximum absolute atomic E-state index is 12.2. The number of hydrogen-bond acceptors (Lipinski definition) is 4. The van der Waals surface area contributed by atoms with Crippen LogP contribution in [-0.2, 0) is 17.8 Å². The Hall–Kier alpha value is -2.34. The molecular weight excluding hydrogens is 256 g/mol. The number of aryl methyl sites for hydroxylation is 1. The van der Waals surface area contributed by atoms with Gasteiger partial charge in [-0.05, 0) is 12.5 Å². The second-order valence-electron chi connectivity index (χ2n) is 4.36. The Kier molecular flexibility index (Phi) is 4.37. The van der Waals surface area contributed by atoms with Crippen LogP contribution in [0.1, 0.15) is 28.7 Å². The molecule has 0 saturated heterocycles. The van der Waals surface area contributed by atoms with Crippen molar-refractivity contribution in [2.45, 2.75) is 20.0 Å². The van der Waals surface area contributed by atoms with Crippen molar-refractivity contribution in [3.8, 4) is 0 Å². The van der Waals surface area contributed by atoms with Crippen LogP contribution >= 0.6 is 0 Å². The van der Waals surface area contributed by atoms with Crippen molar-refractivity contribution >= 4 is 17.3 Å². The molecule has 0 atom stereocenters. The normalized spacial score (nSPS) is 10.5. The summed E-state index contributed by atoms with van der Waals surface area (Å²) in [7, 11) is 1.61. The maximum atomic E-state index is 12.2. The van der Waals surface area contributed by atoms with Crippen LogP contribution in [0, 0.1) is 0 Å².